The van der Waals surface area contributed by atoms with Gasteiger partial charge < -0.3 is 9.47 Å². The van der Waals surface area contributed by atoms with E-state index in [0.717, 1.165) is 0 Å². The van der Waals surface area contributed by atoms with Gasteiger partial charge in [0, 0.05) is 18.8 Å². The Kier molecular flexibility index (Phi) is 5.30. The lowest BCUT2D eigenvalue weighted by Crippen LogP contribution is -2.55. The molecule has 0 N–H and O–H groups in total. The third-order valence-electron chi connectivity index (χ3n) is 3.41. The highest BCUT2D eigenvalue weighted by atomic mass is 16.6. The lowest BCUT2D eigenvalue weighted by Gasteiger charge is -2.40. The van der Waals surface area contributed by atoms with Crippen LogP contribution in [0.1, 0.15) is 44.6 Å². The summed E-state index contributed by atoms with van der Waals surface area (Å²) in [4.78, 5) is 34.3. The minimum Gasteiger partial charge on any atom is -0.444 e. The van der Waals surface area contributed by atoms with Crippen LogP contribution in [0.4, 0.5) is 4.79 Å². The number of morpholine rings is 1. The van der Waals surface area contributed by atoms with Crippen LogP contribution in [-0.2, 0) is 9.47 Å². The van der Waals surface area contributed by atoms with Gasteiger partial charge in [-0.25, -0.2) is 9.78 Å². The topological polar surface area (TPSA) is 81.6 Å². The Labute approximate surface area is 136 Å². The molecule has 1 aromatic heterocycles. The molecule has 23 heavy (non-hydrogen) atoms. The van der Waals surface area contributed by atoms with E-state index in [1.54, 1.807) is 4.90 Å². The maximum absolute atomic E-state index is 12.5. The Morgan fingerprint density at radius 2 is 2.09 bits per heavy atom. The zero-order valence-corrected chi connectivity index (χ0v) is 14.0. The standard InChI is InChI=1S/C16H23N3O4/c1-11-9-22-10-12(19(11)15(21)23-16(2,3)4)7-14(20)13-8-17-5-6-18-13/h5-6,8,11-12H,7,9-10H2,1-4H3. The summed E-state index contributed by atoms with van der Waals surface area (Å²) in [7, 11) is 0. The number of hydrogen-bond acceptors (Lipinski definition) is 6. The average Bonchev–Trinajstić information content (AvgIpc) is 2.46. The normalized spacial score (nSPS) is 21.8. The van der Waals surface area contributed by atoms with Crippen molar-refractivity contribution in [2.24, 2.45) is 0 Å². The maximum Gasteiger partial charge on any atom is 0.410 e. The second kappa shape index (κ2) is 7.04. The summed E-state index contributed by atoms with van der Waals surface area (Å²) < 4.78 is 11.0. The van der Waals surface area contributed by atoms with Gasteiger partial charge in [-0.15, -0.1) is 0 Å². The number of ether oxygens (including phenoxy) is 2. The van der Waals surface area contributed by atoms with Crippen LogP contribution in [0.25, 0.3) is 0 Å². The number of amides is 1. The average molecular weight is 321 g/mol. The summed E-state index contributed by atoms with van der Waals surface area (Å²) in [5, 5.41) is 0. The quantitative estimate of drug-likeness (QED) is 0.793. The molecule has 7 nitrogen and oxygen atoms in total. The molecule has 1 saturated heterocycles. The number of carbonyl (C=O) groups is 2. The van der Waals surface area contributed by atoms with Crippen LogP contribution in [-0.4, -0.2) is 57.6 Å². The molecule has 1 amide bonds. The molecule has 1 fully saturated rings. The summed E-state index contributed by atoms with van der Waals surface area (Å²) in [6, 6.07) is -0.527. The molecule has 0 bridgehead atoms. The van der Waals surface area contributed by atoms with Crippen molar-refractivity contribution in [2.75, 3.05) is 13.2 Å². The smallest absolute Gasteiger partial charge is 0.410 e. The van der Waals surface area contributed by atoms with Crippen LogP contribution >= 0.6 is 0 Å². The number of nitrogens with zero attached hydrogens (tertiary/aromatic N) is 3. The van der Waals surface area contributed by atoms with Crippen molar-refractivity contribution in [3.05, 3.63) is 24.3 Å². The first-order chi connectivity index (χ1) is 10.8. The third kappa shape index (κ3) is 4.72. The van der Waals surface area contributed by atoms with Gasteiger partial charge in [0.25, 0.3) is 0 Å². The van der Waals surface area contributed by atoms with Gasteiger partial charge in [-0.2, -0.15) is 0 Å². The number of hydrogen-bond donors (Lipinski definition) is 0. The van der Waals surface area contributed by atoms with Crippen molar-refractivity contribution < 1.29 is 19.1 Å². The fourth-order valence-corrected chi connectivity index (χ4v) is 2.46. The molecule has 2 rings (SSSR count). The van der Waals surface area contributed by atoms with E-state index in [4.69, 9.17) is 9.47 Å². The molecule has 7 heteroatoms. The predicted molar refractivity (Wildman–Crippen MR) is 83.1 cm³/mol. The molecular weight excluding hydrogens is 298 g/mol. The van der Waals surface area contributed by atoms with Crippen LogP contribution in [0.5, 0.6) is 0 Å². The van der Waals surface area contributed by atoms with Crippen LogP contribution < -0.4 is 0 Å². The molecular formula is C16H23N3O4. The van der Waals surface area contributed by atoms with E-state index in [1.807, 2.05) is 27.7 Å². The molecule has 0 aromatic carbocycles. The largest absolute Gasteiger partial charge is 0.444 e. The minimum atomic E-state index is -0.589. The SMILES string of the molecule is CC1COCC(CC(=O)c2cnccn2)N1C(=O)OC(C)(C)C. The summed E-state index contributed by atoms with van der Waals surface area (Å²) in [6.45, 7) is 8.05. The molecule has 2 atom stereocenters. The summed E-state index contributed by atoms with van der Waals surface area (Å²) >= 11 is 0. The van der Waals surface area contributed by atoms with Crippen molar-refractivity contribution in [1.82, 2.24) is 14.9 Å². The van der Waals surface area contributed by atoms with Crippen molar-refractivity contribution >= 4 is 11.9 Å². The Bertz CT molecular complexity index is 556. The van der Waals surface area contributed by atoms with E-state index in [-0.39, 0.29) is 30.0 Å². The third-order valence-corrected chi connectivity index (χ3v) is 3.41. The molecule has 2 heterocycles. The van der Waals surface area contributed by atoms with E-state index in [9.17, 15) is 9.59 Å². The predicted octanol–water partition coefficient (Wildman–Crippen LogP) is 2.07. The van der Waals surface area contributed by atoms with Gasteiger partial charge in [-0.3, -0.25) is 14.7 Å². The number of carbonyl (C=O) groups excluding carboxylic acids is 2. The van der Waals surface area contributed by atoms with Gasteiger partial charge in [0.2, 0.25) is 0 Å². The molecule has 2 unspecified atom stereocenters. The fourth-order valence-electron chi connectivity index (χ4n) is 2.46. The molecule has 0 saturated carbocycles. The molecule has 0 aliphatic carbocycles. The molecule has 1 aliphatic heterocycles. The highest BCUT2D eigenvalue weighted by Crippen LogP contribution is 2.21. The van der Waals surface area contributed by atoms with Gasteiger partial charge in [0.1, 0.15) is 11.3 Å². The van der Waals surface area contributed by atoms with Crippen LogP contribution in [0, 0.1) is 0 Å². The van der Waals surface area contributed by atoms with Crippen molar-refractivity contribution in [1.29, 1.82) is 0 Å². The number of rotatable bonds is 3. The summed E-state index contributed by atoms with van der Waals surface area (Å²) in [6.07, 6.45) is 4.11. The van der Waals surface area contributed by atoms with Crippen molar-refractivity contribution in [3.63, 3.8) is 0 Å². The van der Waals surface area contributed by atoms with Crippen LogP contribution in [0.3, 0.4) is 0 Å². The van der Waals surface area contributed by atoms with Crippen molar-refractivity contribution in [3.8, 4) is 0 Å². The minimum absolute atomic E-state index is 0.127. The second-order valence-electron chi connectivity index (χ2n) is 6.65. The highest BCUT2D eigenvalue weighted by Gasteiger charge is 2.36. The van der Waals surface area contributed by atoms with E-state index in [1.165, 1.54) is 18.6 Å². The van der Waals surface area contributed by atoms with Gasteiger partial charge >= 0.3 is 6.09 Å². The monoisotopic (exact) mass is 321 g/mol. The van der Waals surface area contributed by atoms with Gasteiger partial charge in [-0.05, 0) is 27.7 Å². The number of aromatic nitrogens is 2. The number of ketones is 1. The second-order valence-corrected chi connectivity index (χ2v) is 6.65. The Morgan fingerprint density at radius 3 is 2.70 bits per heavy atom. The lowest BCUT2D eigenvalue weighted by atomic mass is 10.0. The number of Topliss-reactive ketones (excluding diaryl/α,β-unsaturated/α-hetero) is 1. The Balaban J connectivity index is 2.11. The maximum atomic E-state index is 12.5. The first kappa shape index (κ1) is 17.3. The zero-order valence-electron chi connectivity index (χ0n) is 14.0. The van der Waals surface area contributed by atoms with E-state index >= 15 is 0 Å². The Hall–Kier alpha value is -2.02. The zero-order chi connectivity index (χ0) is 17.0. The van der Waals surface area contributed by atoms with E-state index in [0.29, 0.717) is 13.2 Å². The first-order valence-electron chi connectivity index (χ1n) is 7.66. The van der Waals surface area contributed by atoms with Gasteiger partial charge in [0.05, 0.1) is 31.5 Å². The van der Waals surface area contributed by atoms with Crippen molar-refractivity contribution in [2.45, 2.75) is 51.8 Å². The van der Waals surface area contributed by atoms with E-state index < -0.39 is 11.7 Å². The lowest BCUT2D eigenvalue weighted by molar-refractivity contribution is -0.0558. The molecule has 126 valence electrons. The van der Waals surface area contributed by atoms with E-state index in [2.05, 4.69) is 9.97 Å². The Morgan fingerprint density at radius 1 is 1.35 bits per heavy atom. The van der Waals surface area contributed by atoms with Crippen LogP contribution in [0.15, 0.2) is 18.6 Å². The molecule has 1 aliphatic rings. The van der Waals surface area contributed by atoms with Gasteiger partial charge in [0.15, 0.2) is 5.78 Å². The molecule has 0 radical (unpaired) electrons. The highest BCUT2D eigenvalue weighted by molar-refractivity contribution is 5.94. The molecule has 0 spiro atoms. The summed E-state index contributed by atoms with van der Waals surface area (Å²) in [5.41, 5.74) is -0.302. The van der Waals surface area contributed by atoms with Crippen LogP contribution in [0.2, 0.25) is 0 Å². The summed E-state index contributed by atoms with van der Waals surface area (Å²) in [5.74, 6) is -0.172. The fraction of sp³-hybridized carbons (Fsp3) is 0.625. The first-order valence-corrected chi connectivity index (χ1v) is 7.66. The molecule has 1 aromatic rings. The van der Waals surface area contributed by atoms with Gasteiger partial charge in [-0.1, -0.05) is 0 Å².